The summed E-state index contributed by atoms with van der Waals surface area (Å²) < 4.78 is 9.36. The van der Waals surface area contributed by atoms with E-state index in [1.807, 2.05) is 0 Å². The van der Waals surface area contributed by atoms with Gasteiger partial charge >= 0.3 is 5.97 Å². The predicted molar refractivity (Wildman–Crippen MR) is 43.6 cm³/mol. The molecule has 13 heavy (non-hydrogen) atoms. The minimum atomic E-state index is -1.32. The molecule has 0 saturated heterocycles. The number of carbonyl (C=O) groups is 1. The molecule has 6 heteroatoms. The third kappa shape index (κ3) is 3.69. The molecule has 1 atom stereocenters. The summed E-state index contributed by atoms with van der Waals surface area (Å²) in [4.78, 5) is 15.7. The van der Waals surface area contributed by atoms with Crippen molar-refractivity contribution in [2.24, 2.45) is 5.90 Å². The highest BCUT2D eigenvalue weighted by Gasteiger charge is 2.36. The zero-order chi connectivity index (χ0) is 10.3. The Kier molecular flexibility index (Phi) is 5.56. The molecule has 0 heterocycles. The molecule has 0 aromatic carbocycles. The Labute approximate surface area is 76.5 Å². The van der Waals surface area contributed by atoms with Crippen molar-refractivity contribution in [3.63, 3.8) is 0 Å². The Balaban J connectivity index is 4.12. The lowest BCUT2D eigenvalue weighted by Crippen LogP contribution is -2.46. The highest BCUT2D eigenvalue weighted by molar-refractivity contribution is 5.79. The van der Waals surface area contributed by atoms with Crippen molar-refractivity contribution in [1.29, 1.82) is 0 Å². The molecule has 0 aliphatic rings. The molecule has 78 valence electrons. The van der Waals surface area contributed by atoms with Gasteiger partial charge in [0.25, 0.3) is 0 Å². The van der Waals surface area contributed by atoms with Crippen molar-refractivity contribution in [2.45, 2.75) is 12.5 Å². The van der Waals surface area contributed by atoms with Crippen LogP contribution in [0.3, 0.4) is 0 Å². The SMILES string of the molecule is COCC(C)(ON)C(=O)OCCO. The number of aliphatic hydroxyl groups excluding tert-OH is 1. The second kappa shape index (κ2) is 5.87. The van der Waals surface area contributed by atoms with Crippen molar-refractivity contribution in [3.8, 4) is 0 Å². The maximum absolute atomic E-state index is 11.2. The highest BCUT2D eigenvalue weighted by atomic mass is 16.7. The van der Waals surface area contributed by atoms with Gasteiger partial charge in [0.1, 0.15) is 6.61 Å². The van der Waals surface area contributed by atoms with Gasteiger partial charge in [-0.3, -0.25) is 4.84 Å². The predicted octanol–water partition coefficient (Wildman–Crippen LogP) is -1.18. The Bertz CT molecular complexity index is 163. The summed E-state index contributed by atoms with van der Waals surface area (Å²) in [6.07, 6.45) is 0. The molecule has 0 rings (SSSR count). The van der Waals surface area contributed by atoms with E-state index in [0.717, 1.165) is 0 Å². The van der Waals surface area contributed by atoms with Gasteiger partial charge in [-0.2, -0.15) is 0 Å². The molecule has 6 nitrogen and oxygen atoms in total. The number of ether oxygens (including phenoxy) is 2. The number of carbonyl (C=O) groups excluding carboxylic acids is 1. The van der Waals surface area contributed by atoms with Crippen LogP contribution in [0.4, 0.5) is 0 Å². The molecule has 0 spiro atoms. The van der Waals surface area contributed by atoms with Gasteiger partial charge in [0, 0.05) is 7.11 Å². The van der Waals surface area contributed by atoms with Crippen molar-refractivity contribution in [2.75, 3.05) is 26.9 Å². The summed E-state index contributed by atoms with van der Waals surface area (Å²) in [5.41, 5.74) is -1.32. The first kappa shape index (κ1) is 12.3. The normalized spacial score (nSPS) is 15.1. The average molecular weight is 193 g/mol. The van der Waals surface area contributed by atoms with Crippen LogP contribution in [0.5, 0.6) is 0 Å². The van der Waals surface area contributed by atoms with E-state index in [4.69, 9.17) is 15.7 Å². The summed E-state index contributed by atoms with van der Waals surface area (Å²) >= 11 is 0. The summed E-state index contributed by atoms with van der Waals surface area (Å²) in [7, 11) is 1.41. The van der Waals surface area contributed by atoms with Crippen LogP contribution in [-0.2, 0) is 19.1 Å². The Morgan fingerprint density at radius 1 is 1.62 bits per heavy atom. The van der Waals surface area contributed by atoms with Gasteiger partial charge in [0.2, 0.25) is 5.60 Å². The van der Waals surface area contributed by atoms with Gasteiger partial charge in [-0.1, -0.05) is 0 Å². The number of rotatable bonds is 6. The molecule has 0 fully saturated rings. The van der Waals surface area contributed by atoms with E-state index < -0.39 is 11.6 Å². The van der Waals surface area contributed by atoms with Crippen LogP contribution in [0.2, 0.25) is 0 Å². The van der Waals surface area contributed by atoms with Crippen molar-refractivity contribution < 1.29 is 24.2 Å². The van der Waals surface area contributed by atoms with Crippen LogP contribution in [0, 0.1) is 0 Å². The fourth-order valence-corrected chi connectivity index (χ4v) is 0.707. The number of aliphatic hydroxyl groups is 1. The topological polar surface area (TPSA) is 91.0 Å². The van der Waals surface area contributed by atoms with Crippen molar-refractivity contribution in [3.05, 3.63) is 0 Å². The van der Waals surface area contributed by atoms with E-state index in [9.17, 15) is 4.79 Å². The monoisotopic (exact) mass is 193 g/mol. The first-order valence-electron chi connectivity index (χ1n) is 3.75. The van der Waals surface area contributed by atoms with E-state index >= 15 is 0 Å². The fourth-order valence-electron chi connectivity index (χ4n) is 0.707. The van der Waals surface area contributed by atoms with Gasteiger partial charge in [0.15, 0.2) is 0 Å². The second-order valence-electron chi connectivity index (χ2n) is 2.64. The third-order valence-electron chi connectivity index (χ3n) is 1.44. The van der Waals surface area contributed by atoms with Gasteiger partial charge in [-0.15, -0.1) is 0 Å². The van der Waals surface area contributed by atoms with Gasteiger partial charge in [0.05, 0.1) is 13.2 Å². The van der Waals surface area contributed by atoms with E-state index in [1.165, 1.54) is 14.0 Å². The van der Waals surface area contributed by atoms with Crippen LogP contribution in [0.1, 0.15) is 6.92 Å². The minimum Gasteiger partial charge on any atom is -0.461 e. The summed E-state index contributed by atoms with van der Waals surface area (Å²) in [6.45, 7) is 1.12. The molecule has 0 aliphatic heterocycles. The van der Waals surface area contributed by atoms with Crippen LogP contribution in [-0.4, -0.2) is 43.6 Å². The van der Waals surface area contributed by atoms with Crippen molar-refractivity contribution in [1.82, 2.24) is 0 Å². The molecule has 0 aromatic heterocycles. The van der Waals surface area contributed by atoms with Gasteiger partial charge in [-0.05, 0) is 6.92 Å². The molecule has 0 saturated carbocycles. The second-order valence-corrected chi connectivity index (χ2v) is 2.64. The number of methoxy groups -OCH3 is 1. The molecule has 1 unspecified atom stereocenters. The lowest BCUT2D eigenvalue weighted by atomic mass is 10.1. The van der Waals surface area contributed by atoms with Crippen LogP contribution in [0.25, 0.3) is 0 Å². The highest BCUT2D eigenvalue weighted by Crippen LogP contribution is 2.10. The lowest BCUT2D eigenvalue weighted by Gasteiger charge is -2.23. The third-order valence-corrected chi connectivity index (χ3v) is 1.44. The maximum Gasteiger partial charge on any atom is 0.342 e. The zero-order valence-corrected chi connectivity index (χ0v) is 7.78. The van der Waals surface area contributed by atoms with E-state index in [2.05, 4.69) is 9.57 Å². The molecule has 0 aromatic rings. The van der Waals surface area contributed by atoms with E-state index in [1.54, 1.807) is 0 Å². The molecular weight excluding hydrogens is 178 g/mol. The molecule has 0 amide bonds. The molecule has 0 bridgehead atoms. The fraction of sp³-hybridized carbons (Fsp3) is 0.857. The van der Waals surface area contributed by atoms with Crippen LogP contribution < -0.4 is 5.90 Å². The first-order valence-corrected chi connectivity index (χ1v) is 3.75. The standard InChI is InChI=1S/C7H15NO5/c1-7(13-8,5-11-2)6(10)12-4-3-9/h9H,3-5,8H2,1-2H3. The van der Waals surface area contributed by atoms with Crippen molar-refractivity contribution >= 4 is 5.97 Å². The van der Waals surface area contributed by atoms with Gasteiger partial charge < -0.3 is 14.6 Å². The lowest BCUT2D eigenvalue weighted by molar-refractivity contribution is -0.178. The summed E-state index contributed by atoms with van der Waals surface area (Å²) in [5, 5.41) is 8.40. The summed E-state index contributed by atoms with van der Waals surface area (Å²) in [5.74, 6) is 4.26. The van der Waals surface area contributed by atoms with E-state index in [0.29, 0.717) is 0 Å². The molecule has 3 N–H and O–H groups in total. The van der Waals surface area contributed by atoms with Crippen LogP contribution >= 0.6 is 0 Å². The first-order chi connectivity index (χ1) is 6.10. The van der Waals surface area contributed by atoms with E-state index in [-0.39, 0.29) is 19.8 Å². The minimum absolute atomic E-state index is 0.00619. The Hall–Kier alpha value is -0.690. The average Bonchev–Trinajstić information content (AvgIpc) is 2.14. The zero-order valence-electron chi connectivity index (χ0n) is 7.78. The quantitative estimate of drug-likeness (QED) is 0.407. The Morgan fingerprint density at radius 2 is 2.23 bits per heavy atom. The molecule has 0 aliphatic carbocycles. The van der Waals surface area contributed by atoms with Crippen LogP contribution in [0.15, 0.2) is 0 Å². The van der Waals surface area contributed by atoms with Gasteiger partial charge in [-0.25, -0.2) is 10.7 Å². The molecular formula is C7H15NO5. The number of hydrogen-bond acceptors (Lipinski definition) is 6. The summed E-state index contributed by atoms with van der Waals surface area (Å²) in [6, 6.07) is 0. The Morgan fingerprint density at radius 3 is 2.62 bits per heavy atom. The maximum atomic E-state index is 11.2. The number of nitrogens with two attached hydrogens (primary N) is 1. The number of esters is 1. The molecule has 0 radical (unpaired) electrons. The largest absolute Gasteiger partial charge is 0.461 e. The number of hydrogen-bond donors (Lipinski definition) is 2. The smallest absolute Gasteiger partial charge is 0.342 e.